The van der Waals surface area contributed by atoms with Crippen LogP contribution in [0.15, 0.2) is 28.8 Å². The minimum Gasteiger partial charge on any atom is -0.381 e. The molecule has 1 aromatic heterocycles. The molecule has 0 bridgehead atoms. The highest BCUT2D eigenvalue weighted by atomic mass is 35.5. The van der Waals surface area contributed by atoms with Gasteiger partial charge in [0.05, 0.1) is 0 Å². The van der Waals surface area contributed by atoms with E-state index < -0.39 is 0 Å². The van der Waals surface area contributed by atoms with E-state index in [2.05, 4.69) is 10.1 Å². The number of nitrogen functional groups attached to an aromatic ring is 1. The van der Waals surface area contributed by atoms with Crippen LogP contribution in [0.25, 0.3) is 11.3 Å². The van der Waals surface area contributed by atoms with Crippen molar-refractivity contribution in [1.29, 1.82) is 0 Å². The van der Waals surface area contributed by atoms with Crippen molar-refractivity contribution in [3.05, 3.63) is 34.9 Å². The van der Waals surface area contributed by atoms with Crippen molar-refractivity contribution in [1.82, 2.24) is 10.1 Å². The number of nitrogens with two attached hydrogens (primary N) is 1. The molecule has 0 radical (unpaired) electrons. The van der Waals surface area contributed by atoms with Crippen LogP contribution >= 0.6 is 11.6 Å². The molecule has 17 heavy (non-hydrogen) atoms. The predicted molar refractivity (Wildman–Crippen MR) is 68.8 cm³/mol. The largest absolute Gasteiger partial charge is 0.381 e. The van der Waals surface area contributed by atoms with Gasteiger partial charge in [0.15, 0.2) is 11.6 Å². The Morgan fingerprint density at radius 2 is 2.12 bits per heavy atom. The van der Waals surface area contributed by atoms with Gasteiger partial charge in [0.25, 0.3) is 0 Å². The van der Waals surface area contributed by atoms with Crippen LogP contribution < -0.4 is 5.73 Å². The van der Waals surface area contributed by atoms with Gasteiger partial charge in [-0.05, 0) is 25.7 Å². The summed E-state index contributed by atoms with van der Waals surface area (Å²) in [5.74, 6) is 0.995. The Kier molecular flexibility index (Phi) is 3.36. The highest BCUT2D eigenvalue weighted by Crippen LogP contribution is 2.27. The third-order valence-corrected chi connectivity index (χ3v) is 2.70. The molecule has 1 heterocycles. The fourth-order valence-electron chi connectivity index (χ4n) is 1.59. The van der Waals surface area contributed by atoms with Crippen molar-refractivity contribution in [2.45, 2.75) is 6.54 Å². The lowest BCUT2D eigenvalue weighted by Gasteiger charge is -2.11. The molecule has 2 rings (SSSR count). The molecule has 4 nitrogen and oxygen atoms in total. The van der Waals surface area contributed by atoms with Crippen LogP contribution in [0, 0.1) is 0 Å². The Hall–Kier alpha value is -1.52. The van der Waals surface area contributed by atoms with Gasteiger partial charge in [-0.15, -0.1) is 0 Å². The second-order valence-corrected chi connectivity index (χ2v) is 4.57. The van der Waals surface area contributed by atoms with E-state index in [0.29, 0.717) is 16.6 Å². The number of hydrogen-bond donors (Lipinski definition) is 1. The second-order valence-electron chi connectivity index (χ2n) is 4.16. The minimum atomic E-state index is 0.369. The lowest BCUT2D eigenvalue weighted by molar-refractivity contribution is 0.402. The van der Waals surface area contributed by atoms with Crippen molar-refractivity contribution in [3.63, 3.8) is 0 Å². The molecule has 0 saturated carbocycles. The average molecular weight is 252 g/mol. The first kappa shape index (κ1) is 12.0. The fraction of sp³-hybridized carbons (Fsp3) is 0.250. The number of anilines is 1. The second kappa shape index (κ2) is 4.77. The zero-order valence-electron chi connectivity index (χ0n) is 9.77. The highest BCUT2D eigenvalue weighted by Gasteiger charge is 2.08. The van der Waals surface area contributed by atoms with Gasteiger partial charge in [-0.2, -0.15) is 0 Å². The van der Waals surface area contributed by atoms with E-state index in [0.717, 1.165) is 17.7 Å². The van der Waals surface area contributed by atoms with Gasteiger partial charge in [0.1, 0.15) is 0 Å². The molecule has 0 unspecified atom stereocenters. The average Bonchev–Trinajstić information content (AvgIpc) is 2.67. The van der Waals surface area contributed by atoms with Crippen LogP contribution in [0.4, 0.5) is 5.82 Å². The van der Waals surface area contributed by atoms with Crippen LogP contribution in [0.5, 0.6) is 0 Å². The topological polar surface area (TPSA) is 55.3 Å². The summed E-state index contributed by atoms with van der Waals surface area (Å²) in [6, 6.07) is 7.47. The maximum atomic E-state index is 6.21. The third kappa shape index (κ3) is 2.78. The first-order chi connectivity index (χ1) is 8.06. The normalized spacial score (nSPS) is 11.1. The van der Waals surface area contributed by atoms with Gasteiger partial charge in [-0.3, -0.25) is 0 Å². The van der Waals surface area contributed by atoms with E-state index >= 15 is 0 Å². The van der Waals surface area contributed by atoms with Crippen molar-refractivity contribution < 1.29 is 4.52 Å². The van der Waals surface area contributed by atoms with Crippen LogP contribution in [0.3, 0.4) is 0 Å². The van der Waals surface area contributed by atoms with Gasteiger partial charge in [-0.1, -0.05) is 28.9 Å². The minimum absolute atomic E-state index is 0.369. The molecule has 0 aliphatic carbocycles. The first-order valence-corrected chi connectivity index (χ1v) is 5.60. The molecule has 2 aromatic rings. The lowest BCUT2D eigenvalue weighted by Crippen LogP contribution is -2.10. The van der Waals surface area contributed by atoms with E-state index in [4.69, 9.17) is 21.9 Å². The molecule has 0 aliphatic rings. The van der Waals surface area contributed by atoms with Gasteiger partial charge in [-0.25, -0.2) is 0 Å². The lowest BCUT2D eigenvalue weighted by atomic mass is 10.1. The summed E-state index contributed by atoms with van der Waals surface area (Å²) in [5.41, 5.74) is 7.46. The number of nitrogens with zero attached hydrogens (tertiary/aromatic N) is 2. The van der Waals surface area contributed by atoms with Crippen molar-refractivity contribution in [2.24, 2.45) is 0 Å². The molecule has 1 aromatic carbocycles. The van der Waals surface area contributed by atoms with Crippen LogP contribution in [0.1, 0.15) is 5.56 Å². The van der Waals surface area contributed by atoms with E-state index in [1.165, 1.54) is 0 Å². The van der Waals surface area contributed by atoms with Crippen molar-refractivity contribution >= 4 is 17.4 Å². The Morgan fingerprint density at radius 3 is 2.65 bits per heavy atom. The van der Waals surface area contributed by atoms with E-state index in [1.807, 2.05) is 32.3 Å². The molecular weight excluding hydrogens is 238 g/mol. The Labute approximate surface area is 105 Å². The summed E-state index contributed by atoms with van der Waals surface area (Å²) >= 11 is 6.21. The molecular formula is C12H14ClN3O. The number of rotatable bonds is 3. The van der Waals surface area contributed by atoms with Crippen LogP contribution in [0.2, 0.25) is 5.02 Å². The molecule has 0 spiro atoms. The quantitative estimate of drug-likeness (QED) is 0.911. The molecule has 0 fully saturated rings. The standard InChI is InChI=1S/C12H14ClN3O/c1-16(2)7-9-4-3-8(5-10(9)13)11-6-12(14)15-17-11/h3-6H,7H2,1-2H3,(H2,14,15). The zero-order chi connectivity index (χ0) is 12.4. The molecule has 5 heteroatoms. The van der Waals surface area contributed by atoms with E-state index in [-0.39, 0.29) is 0 Å². The van der Waals surface area contributed by atoms with Crippen LogP contribution in [-0.2, 0) is 6.54 Å². The summed E-state index contributed by atoms with van der Waals surface area (Å²) in [4.78, 5) is 2.06. The Balaban J connectivity index is 2.30. The number of aromatic nitrogens is 1. The molecule has 0 atom stereocenters. The summed E-state index contributed by atoms with van der Waals surface area (Å²) in [5, 5.41) is 4.36. The third-order valence-electron chi connectivity index (χ3n) is 2.35. The molecule has 0 amide bonds. The number of halogens is 1. The van der Waals surface area contributed by atoms with Crippen molar-refractivity contribution in [2.75, 3.05) is 19.8 Å². The zero-order valence-corrected chi connectivity index (χ0v) is 10.5. The summed E-state index contributed by atoms with van der Waals surface area (Å²) in [7, 11) is 4.00. The SMILES string of the molecule is CN(C)Cc1ccc(-c2cc(N)no2)cc1Cl. The Morgan fingerprint density at radius 1 is 1.35 bits per heavy atom. The molecule has 0 saturated heterocycles. The highest BCUT2D eigenvalue weighted by molar-refractivity contribution is 6.31. The Bertz CT molecular complexity index is 522. The van der Waals surface area contributed by atoms with Gasteiger partial charge in [0.2, 0.25) is 0 Å². The van der Waals surface area contributed by atoms with Crippen molar-refractivity contribution in [3.8, 4) is 11.3 Å². The van der Waals surface area contributed by atoms with Gasteiger partial charge < -0.3 is 15.2 Å². The molecule has 90 valence electrons. The fourth-order valence-corrected chi connectivity index (χ4v) is 1.83. The first-order valence-electron chi connectivity index (χ1n) is 5.22. The van der Waals surface area contributed by atoms with Crippen LogP contribution in [-0.4, -0.2) is 24.2 Å². The van der Waals surface area contributed by atoms with Gasteiger partial charge >= 0.3 is 0 Å². The van der Waals surface area contributed by atoms with E-state index in [1.54, 1.807) is 6.07 Å². The number of benzene rings is 1. The number of hydrogen-bond acceptors (Lipinski definition) is 4. The van der Waals surface area contributed by atoms with E-state index in [9.17, 15) is 0 Å². The predicted octanol–water partition coefficient (Wildman–Crippen LogP) is 2.64. The summed E-state index contributed by atoms with van der Waals surface area (Å²) < 4.78 is 5.08. The summed E-state index contributed by atoms with van der Waals surface area (Å²) in [6.45, 7) is 0.803. The molecule has 0 aliphatic heterocycles. The summed E-state index contributed by atoms with van der Waals surface area (Å²) in [6.07, 6.45) is 0. The molecule has 2 N–H and O–H groups in total. The smallest absolute Gasteiger partial charge is 0.169 e. The monoisotopic (exact) mass is 251 g/mol. The van der Waals surface area contributed by atoms with Gasteiger partial charge in [0, 0.05) is 23.2 Å². The maximum absolute atomic E-state index is 6.21. The maximum Gasteiger partial charge on any atom is 0.169 e.